The minimum absolute atomic E-state index is 0.222. The standard InChI is InChI=1S/C18H14N2O2S2/c19-9-12-2-1-3-13(8-12)18(22)20-10-15-4-5-16(24-15)17(21)14-6-7-23-11-14/h1-8,11,17,21H,10H2,(H,20,22). The van der Waals surface area contributed by atoms with Gasteiger partial charge < -0.3 is 10.4 Å². The van der Waals surface area contributed by atoms with Crippen LogP contribution in [0.25, 0.3) is 0 Å². The fraction of sp³-hybridized carbons (Fsp3) is 0.111. The Labute approximate surface area is 147 Å². The first-order chi connectivity index (χ1) is 11.7. The average Bonchev–Trinajstić information content (AvgIpc) is 3.31. The first-order valence-electron chi connectivity index (χ1n) is 7.24. The summed E-state index contributed by atoms with van der Waals surface area (Å²) >= 11 is 3.02. The highest BCUT2D eigenvalue weighted by molar-refractivity contribution is 7.12. The van der Waals surface area contributed by atoms with Crippen LogP contribution in [-0.4, -0.2) is 11.0 Å². The van der Waals surface area contributed by atoms with Crippen molar-refractivity contribution in [2.45, 2.75) is 12.6 Å². The van der Waals surface area contributed by atoms with Crippen LogP contribution in [0.1, 0.15) is 37.3 Å². The Morgan fingerprint density at radius 1 is 1.29 bits per heavy atom. The van der Waals surface area contributed by atoms with Crippen molar-refractivity contribution >= 4 is 28.6 Å². The van der Waals surface area contributed by atoms with Crippen molar-refractivity contribution < 1.29 is 9.90 Å². The van der Waals surface area contributed by atoms with E-state index in [1.165, 1.54) is 11.3 Å². The van der Waals surface area contributed by atoms with Gasteiger partial charge in [-0.3, -0.25) is 4.79 Å². The Hall–Kier alpha value is -2.46. The molecule has 1 aromatic carbocycles. The molecule has 3 rings (SSSR count). The van der Waals surface area contributed by atoms with Crippen LogP contribution >= 0.6 is 22.7 Å². The number of hydrogen-bond donors (Lipinski definition) is 2. The molecule has 3 aromatic rings. The Kier molecular flexibility index (Phi) is 5.06. The molecule has 120 valence electrons. The number of benzene rings is 1. The van der Waals surface area contributed by atoms with Gasteiger partial charge in [0.2, 0.25) is 0 Å². The van der Waals surface area contributed by atoms with Gasteiger partial charge in [-0.05, 0) is 52.7 Å². The minimum Gasteiger partial charge on any atom is -0.383 e. The number of amides is 1. The number of carbonyl (C=O) groups excluding carboxylic acids is 1. The van der Waals surface area contributed by atoms with Gasteiger partial charge in [0.15, 0.2) is 0 Å². The highest BCUT2D eigenvalue weighted by Crippen LogP contribution is 2.29. The summed E-state index contributed by atoms with van der Waals surface area (Å²) in [4.78, 5) is 14.0. The molecule has 0 saturated carbocycles. The lowest BCUT2D eigenvalue weighted by molar-refractivity contribution is 0.0951. The number of nitrogens with zero attached hydrogens (tertiary/aromatic N) is 1. The van der Waals surface area contributed by atoms with Gasteiger partial charge in [-0.1, -0.05) is 6.07 Å². The SMILES string of the molecule is N#Cc1cccc(C(=O)NCc2ccc(C(O)c3ccsc3)s2)c1. The van der Waals surface area contributed by atoms with E-state index in [1.807, 2.05) is 35.0 Å². The van der Waals surface area contributed by atoms with E-state index in [1.54, 1.807) is 35.6 Å². The van der Waals surface area contributed by atoms with Crippen molar-refractivity contribution in [3.05, 3.63) is 79.7 Å². The van der Waals surface area contributed by atoms with Gasteiger partial charge in [0.05, 0.1) is 18.2 Å². The lowest BCUT2D eigenvalue weighted by Crippen LogP contribution is -2.22. The molecular weight excluding hydrogens is 340 g/mol. The highest BCUT2D eigenvalue weighted by Gasteiger charge is 2.14. The molecule has 0 fully saturated rings. The number of aliphatic hydroxyl groups excluding tert-OH is 1. The van der Waals surface area contributed by atoms with E-state index in [2.05, 4.69) is 5.32 Å². The summed E-state index contributed by atoms with van der Waals surface area (Å²) in [7, 11) is 0. The summed E-state index contributed by atoms with van der Waals surface area (Å²) in [5, 5.41) is 25.9. The third-order valence-electron chi connectivity index (χ3n) is 3.49. The Morgan fingerprint density at radius 3 is 2.92 bits per heavy atom. The van der Waals surface area contributed by atoms with Crippen LogP contribution in [0.5, 0.6) is 0 Å². The van der Waals surface area contributed by atoms with Crippen molar-refractivity contribution in [2.24, 2.45) is 0 Å². The molecule has 2 heterocycles. The van der Waals surface area contributed by atoms with Gasteiger partial charge in [0.1, 0.15) is 6.10 Å². The van der Waals surface area contributed by atoms with Crippen LogP contribution in [0.3, 0.4) is 0 Å². The van der Waals surface area contributed by atoms with Gasteiger partial charge >= 0.3 is 0 Å². The monoisotopic (exact) mass is 354 g/mol. The first-order valence-corrected chi connectivity index (χ1v) is 9.00. The van der Waals surface area contributed by atoms with E-state index in [0.717, 1.165) is 15.3 Å². The first kappa shape index (κ1) is 16.4. The molecule has 2 aromatic heterocycles. The summed E-state index contributed by atoms with van der Waals surface area (Å²) in [5.41, 5.74) is 1.80. The molecular formula is C18H14N2O2S2. The molecule has 1 unspecified atom stereocenters. The summed E-state index contributed by atoms with van der Waals surface area (Å²) in [6.45, 7) is 0.386. The van der Waals surface area contributed by atoms with E-state index < -0.39 is 6.10 Å². The zero-order valence-corrected chi connectivity index (χ0v) is 14.2. The van der Waals surface area contributed by atoms with Crippen molar-refractivity contribution in [1.29, 1.82) is 5.26 Å². The Bertz CT molecular complexity index is 879. The van der Waals surface area contributed by atoms with Crippen LogP contribution in [0.4, 0.5) is 0 Å². The second-order valence-electron chi connectivity index (χ2n) is 5.14. The number of carbonyl (C=O) groups is 1. The van der Waals surface area contributed by atoms with Gasteiger partial charge in [-0.15, -0.1) is 11.3 Å². The van der Waals surface area contributed by atoms with E-state index >= 15 is 0 Å². The average molecular weight is 354 g/mol. The second kappa shape index (κ2) is 7.41. The van der Waals surface area contributed by atoms with E-state index in [-0.39, 0.29) is 5.91 Å². The van der Waals surface area contributed by atoms with E-state index in [0.29, 0.717) is 17.7 Å². The van der Waals surface area contributed by atoms with Gasteiger partial charge in [-0.2, -0.15) is 16.6 Å². The van der Waals surface area contributed by atoms with Gasteiger partial charge in [0.25, 0.3) is 5.91 Å². The largest absolute Gasteiger partial charge is 0.383 e. The molecule has 1 atom stereocenters. The number of rotatable bonds is 5. The quantitative estimate of drug-likeness (QED) is 0.734. The highest BCUT2D eigenvalue weighted by atomic mass is 32.1. The molecule has 6 heteroatoms. The van der Waals surface area contributed by atoms with Gasteiger partial charge in [-0.25, -0.2) is 0 Å². The third-order valence-corrected chi connectivity index (χ3v) is 5.33. The lowest BCUT2D eigenvalue weighted by atomic mass is 10.1. The van der Waals surface area contributed by atoms with Crippen molar-refractivity contribution in [1.82, 2.24) is 5.32 Å². The zero-order valence-electron chi connectivity index (χ0n) is 12.6. The van der Waals surface area contributed by atoms with Gasteiger partial charge in [0, 0.05) is 15.3 Å². The van der Waals surface area contributed by atoms with Crippen LogP contribution in [0, 0.1) is 11.3 Å². The number of hydrogen-bond acceptors (Lipinski definition) is 5. The fourth-order valence-corrected chi connectivity index (χ4v) is 3.88. The molecule has 1 amide bonds. The van der Waals surface area contributed by atoms with Crippen molar-refractivity contribution in [3.63, 3.8) is 0 Å². The van der Waals surface area contributed by atoms with E-state index in [4.69, 9.17) is 5.26 Å². The normalized spacial score (nSPS) is 11.7. The van der Waals surface area contributed by atoms with Crippen molar-refractivity contribution in [2.75, 3.05) is 0 Å². The van der Waals surface area contributed by atoms with Crippen LogP contribution in [-0.2, 0) is 6.54 Å². The molecule has 0 aliphatic heterocycles. The molecule has 0 aliphatic rings. The molecule has 24 heavy (non-hydrogen) atoms. The lowest BCUT2D eigenvalue weighted by Gasteiger charge is -2.06. The van der Waals surface area contributed by atoms with Crippen LogP contribution in [0.2, 0.25) is 0 Å². The molecule has 0 spiro atoms. The van der Waals surface area contributed by atoms with Crippen LogP contribution < -0.4 is 5.32 Å². The minimum atomic E-state index is -0.627. The molecule has 0 aliphatic carbocycles. The smallest absolute Gasteiger partial charge is 0.251 e. The number of thiophene rings is 2. The summed E-state index contributed by atoms with van der Waals surface area (Å²) in [6.07, 6.45) is -0.627. The summed E-state index contributed by atoms with van der Waals surface area (Å²) < 4.78 is 0. The second-order valence-corrected chi connectivity index (χ2v) is 7.12. The number of nitrogens with one attached hydrogen (secondary N) is 1. The predicted octanol–water partition coefficient (Wildman–Crippen LogP) is 3.69. The molecule has 0 radical (unpaired) electrons. The molecule has 4 nitrogen and oxygen atoms in total. The fourth-order valence-electron chi connectivity index (χ4n) is 2.23. The summed E-state index contributed by atoms with van der Waals surface area (Å²) in [5.74, 6) is -0.222. The van der Waals surface area contributed by atoms with E-state index in [9.17, 15) is 9.90 Å². The number of aliphatic hydroxyl groups is 1. The Morgan fingerprint density at radius 2 is 2.17 bits per heavy atom. The summed E-state index contributed by atoms with van der Waals surface area (Å²) in [6, 6.07) is 14.3. The zero-order chi connectivity index (χ0) is 16.9. The maximum absolute atomic E-state index is 12.1. The topological polar surface area (TPSA) is 73.1 Å². The maximum Gasteiger partial charge on any atom is 0.251 e. The Balaban J connectivity index is 1.63. The molecule has 0 saturated heterocycles. The maximum atomic E-state index is 12.1. The molecule has 2 N–H and O–H groups in total. The third kappa shape index (κ3) is 3.71. The van der Waals surface area contributed by atoms with Crippen LogP contribution in [0.15, 0.2) is 53.2 Å². The molecule has 0 bridgehead atoms. The van der Waals surface area contributed by atoms with Crippen molar-refractivity contribution in [3.8, 4) is 6.07 Å². The number of nitriles is 1. The predicted molar refractivity (Wildman–Crippen MR) is 95.0 cm³/mol.